The van der Waals surface area contributed by atoms with Crippen LogP contribution in [0.2, 0.25) is 0 Å². The van der Waals surface area contributed by atoms with Crippen LogP contribution in [0.1, 0.15) is 10.4 Å². The molecule has 4 aromatic rings. The lowest BCUT2D eigenvalue weighted by atomic mass is 10.1. The second kappa shape index (κ2) is 7.50. The first-order chi connectivity index (χ1) is 12.9. The second-order valence-corrected chi connectivity index (χ2v) is 7.25. The SMILES string of the molecule is Cl.c1ccc2c(c1)Cc1sc(-c3ccc(OCCn4ccnn4)cc3)nc1-2. The minimum atomic E-state index is 0. The first kappa shape index (κ1) is 17.7. The minimum absolute atomic E-state index is 0. The Morgan fingerprint density at radius 3 is 2.74 bits per heavy atom. The molecule has 136 valence electrons. The molecule has 0 spiro atoms. The molecule has 0 aliphatic heterocycles. The van der Waals surface area contributed by atoms with Gasteiger partial charge in [0.05, 0.1) is 18.4 Å². The molecule has 2 heterocycles. The average molecular weight is 397 g/mol. The molecule has 1 aliphatic rings. The third-order valence-corrected chi connectivity index (χ3v) is 5.59. The summed E-state index contributed by atoms with van der Waals surface area (Å²) in [6.45, 7) is 1.24. The van der Waals surface area contributed by atoms with Crippen LogP contribution in [0.15, 0.2) is 60.9 Å². The molecule has 2 aromatic heterocycles. The monoisotopic (exact) mass is 396 g/mol. The molecule has 0 radical (unpaired) electrons. The predicted molar refractivity (Wildman–Crippen MR) is 109 cm³/mol. The van der Waals surface area contributed by atoms with Gasteiger partial charge in [-0.05, 0) is 29.8 Å². The third-order valence-electron chi connectivity index (χ3n) is 4.48. The summed E-state index contributed by atoms with van der Waals surface area (Å²) >= 11 is 1.78. The van der Waals surface area contributed by atoms with Crippen LogP contribution in [-0.2, 0) is 13.0 Å². The highest BCUT2D eigenvalue weighted by Gasteiger charge is 2.23. The van der Waals surface area contributed by atoms with Crippen molar-refractivity contribution in [3.63, 3.8) is 0 Å². The van der Waals surface area contributed by atoms with Gasteiger partial charge >= 0.3 is 0 Å². The van der Waals surface area contributed by atoms with Gasteiger partial charge in [-0.2, -0.15) is 0 Å². The topological polar surface area (TPSA) is 52.8 Å². The Bertz CT molecular complexity index is 1040. The number of halogens is 1. The zero-order chi connectivity index (χ0) is 17.3. The highest BCUT2D eigenvalue weighted by Crippen LogP contribution is 2.42. The Morgan fingerprint density at radius 1 is 1.07 bits per heavy atom. The van der Waals surface area contributed by atoms with Crippen LogP contribution < -0.4 is 4.74 Å². The van der Waals surface area contributed by atoms with Crippen molar-refractivity contribution in [3.05, 3.63) is 71.4 Å². The lowest BCUT2D eigenvalue weighted by molar-refractivity contribution is 0.290. The van der Waals surface area contributed by atoms with Gasteiger partial charge in [-0.15, -0.1) is 28.8 Å². The van der Waals surface area contributed by atoms with Crippen molar-refractivity contribution in [1.82, 2.24) is 20.0 Å². The summed E-state index contributed by atoms with van der Waals surface area (Å²) in [7, 11) is 0. The standard InChI is InChI=1S/C20H16N4OS.ClH/c1-2-4-17-15(3-1)13-18-19(17)22-20(26-18)14-5-7-16(8-6-14)25-12-11-24-10-9-21-23-24;/h1-10H,11-13H2;1H. The van der Waals surface area contributed by atoms with Gasteiger partial charge in [-0.3, -0.25) is 0 Å². The summed E-state index contributed by atoms with van der Waals surface area (Å²) in [6, 6.07) is 16.7. The predicted octanol–water partition coefficient (Wildman–Crippen LogP) is 4.47. The molecule has 0 N–H and O–H groups in total. The summed E-state index contributed by atoms with van der Waals surface area (Å²) in [5, 5.41) is 8.77. The van der Waals surface area contributed by atoms with E-state index in [4.69, 9.17) is 9.72 Å². The lowest BCUT2D eigenvalue weighted by Crippen LogP contribution is -2.08. The van der Waals surface area contributed by atoms with Crippen molar-refractivity contribution in [3.8, 4) is 27.6 Å². The van der Waals surface area contributed by atoms with E-state index in [-0.39, 0.29) is 12.4 Å². The van der Waals surface area contributed by atoms with Gasteiger partial charge in [0.25, 0.3) is 0 Å². The van der Waals surface area contributed by atoms with E-state index in [1.165, 1.54) is 16.0 Å². The van der Waals surface area contributed by atoms with E-state index < -0.39 is 0 Å². The highest BCUT2D eigenvalue weighted by atomic mass is 35.5. The van der Waals surface area contributed by atoms with Crippen molar-refractivity contribution in [2.24, 2.45) is 0 Å². The molecule has 5 rings (SSSR count). The molecule has 2 aromatic carbocycles. The van der Waals surface area contributed by atoms with E-state index in [9.17, 15) is 0 Å². The van der Waals surface area contributed by atoms with Crippen molar-refractivity contribution in [2.45, 2.75) is 13.0 Å². The maximum Gasteiger partial charge on any atom is 0.124 e. The smallest absolute Gasteiger partial charge is 0.124 e. The van der Waals surface area contributed by atoms with Crippen molar-refractivity contribution < 1.29 is 4.74 Å². The molecule has 7 heteroatoms. The van der Waals surface area contributed by atoms with Crippen molar-refractivity contribution >= 4 is 23.7 Å². The number of aromatic nitrogens is 4. The summed E-state index contributed by atoms with van der Waals surface area (Å²) in [5.41, 5.74) is 4.93. The molecule has 0 saturated carbocycles. The summed E-state index contributed by atoms with van der Waals surface area (Å²) in [4.78, 5) is 6.24. The zero-order valence-electron chi connectivity index (χ0n) is 14.4. The Kier molecular flexibility index (Phi) is 4.92. The van der Waals surface area contributed by atoms with Crippen LogP contribution >= 0.6 is 23.7 Å². The average Bonchev–Trinajstić information content (AvgIpc) is 3.38. The fraction of sp³-hybridized carbons (Fsp3) is 0.150. The second-order valence-electron chi connectivity index (χ2n) is 6.16. The number of thiazole rings is 1. The third kappa shape index (κ3) is 3.46. The van der Waals surface area contributed by atoms with Gasteiger partial charge in [-0.25, -0.2) is 9.67 Å². The Labute approximate surface area is 167 Å². The van der Waals surface area contributed by atoms with Gasteiger partial charge in [0.2, 0.25) is 0 Å². The zero-order valence-corrected chi connectivity index (χ0v) is 16.0. The number of hydrogen-bond donors (Lipinski definition) is 0. The number of fused-ring (bicyclic) bond motifs is 3. The van der Waals surface area contributed by atoms with Crippen LogP contribution in [0.5, 0.6) is 5.75 Å². The first-order valence-corrected chi connectivity index (χ1v) is 9.34. The van der Waals surface area contributed by atoms with E-state index in [0.717, 1.165) is 28.4 Å². The van der Waals surface area contributed by atoms with Crippen LogP contribution in [0.4, 0.5) is 0 Å². The van der Waals surface area contributed by atoms with E-state index in [1.54, 1.807) is 22.2 Å². The van der Waals surface area contributed by atoms with Crippen LogP contribution in [-0.4, -0.2) is 26.6 Å². The molecule has 1 aliphatic carbocycles. The highest BCUT2D eigenvalue weighted by molar-refractivity contribution is 7.15. The number of rotatable bonds is 5. The molecule has 0 amide bonds. The van der Waals surface area contributed by atoms with E-state index in [2.05, 4.69) is 46.7 Å². The van der Waals surface area contributed by atoms with Crippen LogP contribution in [0.25, 0.3) is 21.8 Å². The quantitative estimate of drug-likeness (QED) is 0.439. The first-order valence-electron chi connectivity index (χ1n) is 8.52. The Hall–Kier alpha value is -2.70. The maximum absolute atomic E-state index is 5.77. The van der Waals surface area contributed by atoms with E-state index >= 15 is 0 Å². The molecule has 0 fully saturated rings. The summed E-state index contributed by atoms with van der Waals surface area (Å²) in [6.07, 6.45) is 4.48. The Morgan fingerprint density at radius 2 is 1.93 bits per heavy atom. The molecule has 0 atom stereocenters. The Balaban J connectivity index is 0.00000180. The summed E-state index contributed by atoms with van der Waals surface area (Å²) < 4.78 is 7.53. The van der Waals surface area contributed by atoms with Crippen molar-refractivity contribution in [2.75, 3.05) is 6.61 Å². The largest absolute Gasteiger partial charge is 0.492 e. The molecule has 5 nitrogen and oxygen atoms in total. The number of ether oxygens (including phenoxy) is 1. The van der Waals surface area contributed by atoms with Gasteiger partial charge in [0, 0.05) is 28.6 Å². The number of nitrogens with zero attached hydrogens (tertiary/aromatic N) is 4. The molecular weight excluding hydrogens is 380 g/mol. The molecular formula is C20H17ClN4OS. The van der Waals surface area contributed by atoms with Crippen LogP contribution in [0, 0.1) is 0 Å². The fourth-order valence-electron chi connectivity index (χ4n) is 3.19. The molecule has 0 saturated heterocycles. The molecule has 0 unspecified atom stereocenters. The van der Waals surface area contributed by atoms with Gasteiger partial charge in [-0.1, -0.05) is 29.5 Å². The van der Waals surface area contributed by atoms with Gasteiger partial charge < -0.3 is 4.74 Å². The number of hydrogen-bond acceptors (Lipinski definition) is 5. The molecule has 27 heavy (non-hydrogen) atoms. The van der Waals surface area contributed by atoms with Gasteiger partial charge in [0.1, 0.15) is 17.4 Å². The maximum atomic E-state index is 5.77. The fourth-order valence-corrected chi connectivity index (χ4v) is 4.29. The van der Waals surface area contributed by atoms with Crippen LogP contribution in [0.3, 0.4) is 0 Å². The van der Waals surface area contributed by atoms with Gasteiger partial charge in [0.15, 0.2) is 0 Å². The lowest BCUT2D eigenvalue weighted by Gasteiger charge is -2.06. The van der Waals surface area contributed by atoms with Crippen molar-refractivity contribution in [1.29, 1.82) is 0 Å². The molecule has 0 bridgehead atoms. The summed E-state index contributed by atoms with van der Waals surface area (Å²) in [5.74, 6) is 0.850. The van der Waals surface area contributed by atoms with E-state index in [1.807, 2.05) is 18.3 Å². The minimum Gasteiger partial charge on any atom is -0.492 e. The number of benzene rings is 2. The normalized spacial score (nSPS) is 11.6. The van der Waals surface area contributed by atoms with E-state index in [0.29, 0.717) is 13.2 Å².